The average Bonchev–Trinajstić information content (AvgIpc) is 2.40. The van der Waals surface area contributed by atoms with Crippen LogP contribution < -0.4 is 10.2 Å². The number of nitrogens with one attached hydrogen (secondary N) is 1. The number of piperidine rings is 1. The Hall–Kier alpha value is -1.06. The lowest BCUT2D eigenvalue weighted by Crippen LogP contribution is -2.36. The molecule has 0 radical (unpaired) electrons. The maximum atomic E-state index is 9.10. The monoisotopic (exact) mass is 262 g/mol. The summed E-state index contributed by atoms with van der Waals surface area (Å²) in [6.45, 7) is 5.68. The molecule has 0 saturated carbocycles. The van der Waals surface area contributed by atoms with E-state index in [1.165, 1.54) is 29.7 Å². The molecule has 0 aliphatic carbocycles. The largest absolute Gasteiger partial charge is 0.396 e. The van der Waals surface area contributed by atoms with E-state index in [9.17, 15) is 0 Å². The fourth-order valence-corrected chi connectivity index (χ4v) is 3.09. The summed E-state index contributed by atoms with van der Waals surface area (Å²) in [6, 6.07) is 6.75. The fourth-order valence-electron chi connectivity index (χ4n) is 3.09. The van der Waals surface area contributed by atoms with Crippen LogP contribution in [0.5, 0.6) is 0 Å². The zero-order valence-electron chi connectivity index (χ0n) is 12.2. The first-order valence-corrected chi connectivity index (χ1v) is 7.34. The number of aryl methyl sites for hydroxylation is 1. The summed E-state index contributed by atoms with van der Waals surface area (Å²) < 4.78 is 0. The maximum Gasteiger partial charge on any atom is 0.0434 e. The normalized spacial score (nSPS) is 19.7. The first-order valence-electron chi connectivity index (χ1n) is 7.34. The molecular weight excluding hydrogens is 236 g/mol. The Balaban J connectivity index is 2.08. The zero-order valence-corrected chi connectivity index (χ0v) is 12.2. The molecule has 1 atom stereocenters. The molecule has 19 heavy (non-hydrogen) atoms. The van der Waals surface area contributed by atoms with E-state index in [0.717, 1.165) is 26.1 Å². The number of hydrogen-bond acceptors (Lipinski definition) is 3. The molecule has 3 nitrogen and oxygen atoms in total. The van der Waals surface area contributed by atoms with E-state index < -0.39 is 0 Å². The van der Waals surface area contributed by atoms with Gasteiger partial charge in [0.25, 0.3) is 0 Å². The van der Waals surface area contributed by atoms with Crippen LogP contribution >= 0.6 is 0 Å². The number of nitrogens with zero attached hydrogens (tertiary/aromatic N) is 1. The third-order valence-corrected chi connectivity index (χ3v) is 4.04. The van der Waals surface area contributed by atoms with Crippen LogP contribution in [-0.2, 0) is 6.54 Å². The number of aliphatic hydroxyl groups excluding tert-OH is 1. The Bertz CT molecular complexity index is 404. The minimum absolute atomic E-state index is 0.318. The molecule has 1 unspecified atom stereocenters. The highest BCUT2D eigenvalue weighted by Gasteiger charge is 2.20. The zero-order chi connectivity index (χ0) is 13.7. The van der Waals surface area contributed by atoms with Crippen molar-refractivity contribution in [2.75, 3.05) is 31.6 Å². The first-order chi connectivity index (χ1) is 9.24. The van der Waals surface area contributed by atoms with Crippen molar-refractivity contribution in [1.82, 2.24) is 5.32 Å². The van der Waals surface area contributed by atoms with Crippen LogP contribution in [-0.4, -0.2) is 31.9 Å². The third-order valence-electron chi connectivity index (χ3n) is 4.04. The van der Waals surface area contributed by atoms with Gasteiger partial charge in [0.05, 0.1) is 0 Å². The van der Waals surface area contributed by atoms with Gasteiger partial charge in [-0.2, -0.15) is 0 Å². The van der Waals surface area contributed by atoms with Gasteiger partial charge < -0.3 is 15.3 Å². The van der Waals surface area contributed by atoms with Crippen molar-refractivity contribution < 1.29 is 5.11 Å². The Labute approximate surface area is 116 Å². The molecule has 1 aromatic carbocycles. The minimum atomic E-state index is 0.318. The molecule has 2 rings (SSSR count). The second kappa shape index (κ2) is 6.92. The molecule has 3 heteroatoms. The summed E-state index contributed by atoms with van der Waals surface area (Å²) in [4.78, 5) is 2.49. The van der Waals surface area contributed by atoms with Crippen LogP contribution in [0.4, 0.5) is 5.69 Å². The van der Waals surface area contributed by atoms with Gasteiger partial charge in [-0.3, -0.25) is 0 Å². The number of benzene rings is 1. The lowest BCUT2D eigenvalue weighted by molar-refractivity contribution is 0.244. The van der Waals surface area contributed by atoms with Gasteiger partial charge in [0, 0.05) is 31.9 Å². The molecule has 1 heterocycles. The SMILES string of the molecule is CNCc1ccc(N2CCCC(CCO)C2)c(C)c1. The molecule has 1 aromatic rings. The van der Waals surface area contributed by atoms with Crippen LogP contribution in [0.25, 0.3) is 0 Å². The number of aliphatic hydroxyl groups is 1. The topological polar surface area (TPSA) is 35.5 Å². The van der Waals surface area contributed by atoms with Crippen molar-refractivity contribution in [3.05, 3.63) is 29.3 Å². The number of hydrogen-bond donors (Lipinski definition) is 2. The molecule has 1 aliphatic rings. The summed E-state index contributed by atoms with van der Waals surface area (Å²) in [5.74, 6) is 0.648. The smallest absolute Gasteiger partial charge is 0.0434 e. The van der Waals surface area contributed by atoms with Crippen LogP contribution in [0, 0.1) is 12.8 Å². The van der Waals surface area contributed by atoms with Crippen LogP contribution in [0.3, 0.4) is 0 Å². The maximum absolute atomic E-state index is 9.10. The first kappa shape index (κ1) is 14.4. The summed E-state index contributed by atoms with van der Waals surface area (Å²) in [7, 11) is 1.98. The van der Waals surface area contributed by atoms with Crippen molar-refractivity contribution in [3.8, 4) is 0 Å². The van der Waals surface area contributed by atoms with E-state index in [1.54, 1.807) is 0 Å². The van der Waals surface area contributed by atoms with Gasteiger partial charge in [0.1, 0.15) is 0 Å². The molecule has 0 bridgehead atoms. The third kappa shape index (κ3) is 3.71. The van der Waals surface area contributed by atoms with Crippen LogP contribution in [0.1, 0.15) is 30.4 Å². The Morgan fingerprint density at radius 2 is 2.26 bits per heavy atom. The molecule has 1 saturated heterocycles. The fraction of sp³-hybridized carbons (Fsp3) is 0.625. The highest BCUT2D eigenvalue weighted by Crippen LogP contribution is 2.28. The summed E-state index contributed by atoms with van der Waals surface area (Å²) in [6.07, 6.45) is 3.43. The molecule has 1 fully saturated rings. The van der Waals surface area contributed by atoms with E-state index >= 15 is 0 Å². The van der Waals surface area contributed by atoms with Crippen molar-refractivity contribution in [3.63, 3.8) is 0 Å². The Kier molecular flexibility index (Phi) is 5.23. The minimum Gasteiger partial charge on any atom is -0.396 e. The van der Waals surface area contributed by atoms with E-state index in [2.05, 4.69) is 35.3 Å². The van der Waals surface area contributed by atoms with Gasteiger partial charge in [-0.15, -0.1) is 0 Å². The summed E-state index contributed by atoms with van der Waals surface area (Å²) in [5, 5.41) is 12.3. The van der Waals surface area contributed by atoms with Crippen molar-refractivity contribution in [2.24, 2.45) is 5.92 Å². The quantitative estimate of drug-likeness (QED) is 0.855. The number of rotatable bonds is 5. The van der Waals surface area contributed by atoms with Gasteiger partial charge in [-0.25, -0.2) is 0 Å². The van der Waals surface area contributed by atoms with E-state index in [-0.39, 0.29) is 0 Å². The van der Waals surface area contributed by atoms with E-state index in [0.29, 0.717) is 12.5 Å². The standard InChI is InChI=1S/C16H26N2O/c1-13-10-15(11-17-2)5-6-16(13)18-8-3-4-14(12-18)7-9-19/h5-6,10,14,17,19H,3-4,7-9,11-12H2,1-2H3. The lowest BCUT2D eigenvalue weighted by atomic mass is 9.94. The second-order valence-corrected chi connectivity index (χ2v) is 5.62. The second-order valence-electron chi connectivity index (χ2n) is 5.62. The van der Waals surface area contributed by atoms with E-state index in [1.807, 2.05) is 7.05 Å². The van der Waals surface area contributed by atoms with Crippen molar-refractivity contribution >= 4 is 5.69 Å². The van der Waals surface area contributed by atoms with Gasteiger partial charge in [0.2, 0.25) is 0 Å². The molecule has 0 amide bonds. The molecule has 1 aliphatic heterocycles. The Morgan fingerprint density at radius 1 is 1.42 bits per heavy atom. The molecule has 106 valence electrons. The molecule has 0 aromatic heterocycles. The molecule has 2 N–H and O–H groups in total. The van der Waals surface area contributed by atoms with Crippen LogP contribution in [0.15, 0.2) is 18.2 Å². The van der Waals surface area contributed by atoms with Crippen molar-refractivity contribution in [1.29, 1.82) is 0 Å². The van der Waals surface area contributed by atoms with Gasteiger partial charge in [-0.1, -0.05) is 12.1 Å². The Morgan fingerprint density at radius 3 is 2.95 bits per heavy atom. The van der Waals surface area contributed by atoms with Crippen molar-refractivity contribution in [2.45, 2.75) is 32.7 Å². The average molecular weight is 262 g/mol. The van der Waals surface area contributed by atoms with Gasteiger partial charge >= 0.3 is 0 Å². The van der Waals surface area contributed by atoms with Crippen LogP contribution in [0.2, 0.25) is 0 Å². The highest BCUT2D eigenvalue weighted by atomic mass is 16.3. The number of anilines is 1. The predicted octanol–water partition coefficient (Wildman–Crippen LogP) is 2.31. The molecule has 0 spiro atoms. The molecular formula is C16H26N2O. The van der Waals surface area contributed by atoms with Gasteiger partial charge in [-0.05, 0) is 56.3 Å². The highest BCUT2D eigenvalue weighted by molar-refractivity contribution is 5.54. The predicted molar refractivity (Wildman–Crippen MR) is 80.6 cm³/mol. The van der Waals surface area contributed by atoms with Gasteiger partial charge in [0.15, 0.2) is 0 Å². The summed E-state index contributed by atoms with van der Waals surface area (Å²) >= 11 is 0. The lowest BCUT2D eigenvalue weighted by Gasteiger charge is -2.35. The summed E-state index contributed by atoms with van der Waals surface area (Å²) in [5.41, 5.74) is 4.06. The van der Waals surface area contributed by atoms with E-state index in [4.69, 9.17) is 5.11 Å².